The second-order valence-corrected chi connectivity index (χ2v) is 3.01. The number of hydrogen-bond donors (Lipinski definition) is 1. The van der Waals surface area contributed by atoms with Gasteiger partial charge in [0, 0.05) is 0 Å². The van der Waals surface area contributed by atoms with Gasteiger partial charge in [-0.3, -0.25) is 0 Å². The SMILES string of the molecule is CCC[N+](C)(C)C.Cl.N.[Cl-]. The fourth-order valence-electron chi connectivity index (χ4n) is 0.671. The van der Waals surface area contributed by atoms with E-state index in [4.69, 9.17) is 0 Å². The van der Waals surface area contributed by atoms with Gasteiger partial charge in [0.25, 0.3) is 0 Å². The van der Waals surface area contributed by atoms with Gasteiger partial charge >= 0.3 is 0 Å². The molecule has 0 bridgehead atoms. The number of quaternary nitrogens is 1. The zero-order chi connectivity index (χ0) is 5.91. The molecule has 0 aliphatic carbocycles. The van der Waals surface area contributed by atoms with E-state index in [0.717, 1.165) is 4.48 Å². The van der Waals surface area contributed by atoms with Crippen molar-refractivity contribution in [2.75, 3.05) is 27.7 Å². The van der Waals surface area contributed by atoms with E-state index in [9.17, 15) is 0 Å². The summed E-state index contributed by atoms with van der Waals surface area (Å²) in [6.45, 7) is 3.49. The smallest absolute Gasteiger partial charge is 0.0777 e. The minimum atomic E-state index is 0. The summed E-state index contributed by atoms with van der Waals surface area (Å²) in [4.78, 5) is 0. The maximum atomic E-state index is 2.21. The van der Waals surface area contributed by atoms with E-state index in [0.29, 0.717) is 0 Å². The molecule has 68 valence electrons. The topological polar surface area (TPSA) is 35.0 Å². The third-order valence-corrected chi connectivity index (χ3v) is 0.894. The molecule has 2 nitrogen and oxygen atoms in total. The summed E-state index contributed by atoms with van der Waals surface area (Å²) in [5.41, 5.74) is 0. The Morgan fingerprint density at radius 1 is 1.10 bits per heavy atom. The van der Waals surface area contributed by atoms with Crippen molar-refractivity contribution in [2.45, 2.75) is 13.3 Å². The molecule has 0 aliphatic rings. The first kappa shape index (κ1) is 22.4. The van der Waals surface area contributed by atoms with Crippen LogP contribution in [0, 0.1) is 0 Å². The van der Waals surface area contributed by atoms with Gasteiger partial charge in [-0.2, -0.15) is 0 Å². The van der Waals surface area contributed by atoms with Crippen LogP contribution >= 0.6 is 12.4 Å². The minimum absolute atomic E-state index is 0. The summed E-state index contributed by atoms with van der Waals surface area (Å²) in [6.07, 6.45) is 1.28. The average Bonchev–Trinajstić information content (AvgIpc) is 1.30. The maximum Gasteiger partial charge on any atom is 0.0777 e. The van der Waals surface area contributed by atoms with Crippen molar-refractivity contribution in [2.24, 2.45) is 0 Å². The Balaban J connectivity index is -0.0000000600. The fraction of sp³-hybridized carbons (Fsp3) is 1.00. The van der Waals surface area contributed by atoms with Crippen molar-refractivity contribution in [3.05, 3.63) is 0 Å². The van der Waals surface area contributed by atoms with Crippen molar-refractivity contribution in [3.63, 3.8) is 0 Å². The van der Waals surface area contributed by atoms with Gasteiger partial charge in [0.05, 0.1) is 27.7 Å². The third-order valence-electron chi connectivity index (χ3n) is 0.894. The Hall–Kier alpha value is 0.500. The van der Waals surface area contributed by atoms with Crippen LogP contribution in [0.25, 0.3) is 0 Å². The second-order valence-electron chi connectivity index (χ2n) is 3.01. The molecule has 0 saturated carbocycles. The normalized spacial score (nSPS) is 8.40. The van der Waals surface area contributed by atoms with Crippen LogP contribution < -0.4 is 18.6 Å². The van der Waals surface area contributed by atoms with Gasteiger partial charge in [-0.05, 0) is 6.42 Å². The van der Waals surface area contributed by atoms with Gasteiger partial charge < -0.3 is 23.0 Å². The van der Waals surface area contributed by atoms with E-state index in [2.05, 4.69) is 28.1 Å². The molecule has 0 radical (unpaired) electrons. The highest BCUT2D eigenvalue weighted by Gasteiger charge is 2.01. The molecule has 3 N–H and O–H groups in total. The molecule has 0 aromatic carbocycles. The lowest BCUT2D eigenvalue weighted by Gasteiger charge is -2.22. The molecule has 0 unspecified atom stereocenters. The minimum Gasteiger partial charge on any atom is -1.00 e. The maximum absolute atomic E-state index is 2.21. The number of halogens is 2. The molecule has 0 saturated heterocycles. The molecule has 0 aromatic heterocycles. The molecule has 0 atom stereocenters. The zero-order valence-corrected chi connectivity index (χ0v) is 8.93. The predicted molar refractivity (Wildman–Crippen MR) is 45.5 cm³/mol. The summed E-state index contributed by atoms with van der Waals surface area (Å²) in [7, 11) is 6.64. The van der Waals surface area contributed by atoms with Crippen molar-refractivity contribution in [3.8, 4) is 0 Å². The summed E-state index contributed by atoms with van der Waals surface area (Å²) >= 11 is 0. The standard InChI is InChI=1S/C6H16N.2ClH.H3N/c1-5-6-7(2,3)4;;;/h5-6H2,1-4H3;2*1H;1H3/q+1;;;/p-1. The molecule has 0 spiro atoms. The number of nitrogens with zero attached hydrogens (tertiary/aromatic N) is 1. The van der Waals surface area contributed by atoms with Crippen molar-refractivity contribution in [1.82, 2.24) is 6.15 Å². The van der Waals surface area contributed by atoms with Crippen molar-refractivity contribution >= 4 is 12.4 Å². The zero-order valence-electron chi connectivity index (χ0n) is 7.35. The third kappa shape index (κ3) is 23.6. The second kappa shape index (κ2) is 9.50. The van der Waals surface area contributed by atoms with E-state index < -0.39 is 0 Å². The van der Waals surface area contributed by atoms with Gasteiger partial charge in [0.1, 0.15) is 0 Å². The molecular weight excluding hydrogens is 171 g/mol. The Bertz CT molecular complexity index is 52.2. The van der Waals surface area contributed by atoms with Crippen LogP contribution in [-0.2, 0) is 0 Å². The van der Waals surface area contributed by atoms with Gasteiger partial charge in [-0.25, -0.2) is 0 Å². The van der Waals surface area contributed by atoms with Crippen LogP contribution in [0.15, 0.2) is 0 Å². The molecule has 0 aliphatic heterocycles. The molecule has 4 heteroatoms. The summed E-state index contributed by atoms with van der Waals surface area (Å²) < 4.78 is 1.09. The van der Waals surface area contributed by atoms with Crippen molar-refractivity contribution < 1.29 is 16.9 Å². The van der Waals surface area contributed by atoms with Crippen LogP contribution in [0.2, 0.25) is 0 Å². The Morgan fingerprint density at radius 3 is 1.40 bits per heavy atom. The molecule has 0 fully saturated rings. The first-order chi connectivity index (χ1) is 3.06. The highest BCUT2D eigenvalue weighted by Crippen LogP contribution is 1.90. The Kier molecular flexibility index (Phi) is 21.3. The van der Waals surface area contributed by atoms with E-state index >= 15 is 0 Å². The summed E-state index contributed by atoms with van der Waals surface area (Å²) in [6, 6.07) is 0. The lowest BCUT2D eigenvalue weighted by atomic mass is 10.4. The molecule has 0 rings (SSSR count). The van der Waals surface area contributed by atoms with E-state index in [-0.39, 0.29) is 31.0 Å². The monoisotopic (exact) mass is 190 g/mol. The number of hydrogen-bond acceptors (Lipinski definition) is 1. The van der Waals surface area contributed by atoms with Gasteiger partial charge in [-0.15, -0.1) is 12.4 Å². The molecule has 0 aromatic rings. The lowest BCUT2D eigenvalue weighted by molar-refractivity contribution is -0.870. The average molecular weight is 191 g/mol. The molecule has 0 amide bonds. The largest absolute Gasteiger partial charge is 1.00 e. The summed E-state index contributed by atoms with van der Waals surface area (Å²) in [5.74, 6) is 0. The van der Waals surface area contributed by atoms with Crippen LogP contribution in [0.5, 0.6) is 0 Å². The number of rotatable bonds is 2. The van der Waals surface area contributed by atoms with Crippen molar-refractivity contribution in [1.29, 1.82) is 0 Å². The molecule has 0 heterocycles. The highest BCUT2D eigenvalue weighted by molar-refractivity contribution is 5.85. The lowest BCUT2D eigenvalue weighted by Crippen LogP contribution is -3.00. The van der Waals surface area contributed by atoms with E-state index in [1.54, 1.807) is 0 Å². The summed E-state index contributed by atoms with van der Waals surface area (Å²) in [5, 5.41) is 0. The van der Waals surface area contributed by atoms with Gasteiger partial charge in [0.15, 0.2) is 0 Å². The Labute approximate surface area is 77.0 Å². The molecular formula is C6H20Cl2N2. The quantitative estimate of drug-likeness (QED) is 0.540. The van der Waals surface area contributed by atoms with Gasteiger partial charge in [-0.1, -0.05) is 6.92 Å². The fourth-order valence-corrected chi connectivity index (χ4v) is 0.671. The van der Waals surface area contributed by atoms with Crippen LogP contribution in [0.1, 0.15) is 13.3 Å². The Morgan fingerprint density at radius 2 is 1.40 bits per heavy atom. The predicted octanol–water partition coefficient (Wildman–Crippen LogP) is -1.31. The van der Waals surface area contributed by atoms with Gasteiger partial charge in [0.2, 0.25) is 0 Å². The first-order valence-corrected chi connectivity index (χ1v) is 2.86. The van der Waals surface area contributed by atoms with Crippen LogP contribution in [0.3, 0.4) is 0 Å². The molecule has 10 heavy (non-hydrogen) atoms. The highest BCUT2D eigenvalue weighted by atomic mass is 35.5. The first-order valence-electron chi connectivity index (χ1n) is 2.86. The van der Waals surface area contributed by atoms with E-state index in [1.807, 2.05) is 0 Å². The van der Waals surface area contributed by atoms with Crippen LogP contribution in [-0.4, -0.2) is 32.2 Å². The van der Waals surface area contributed by atoms with Crippen LogP contribution in [0.4, 0.5) is 0 Å². The van der Waals surface area contributed by atoms with E-state index in [1.165, 1.54) is 13.0 Å².